The SMILES string of the molecule is CN1C(=O)[C@]2(Cl)C[C@@H]3C(=CC[C@@H]4C(=O)N(c5ccc(C(=O)c6ccccc6)cc5)C(=O)[C@@H]43)[C@H](c3cc(OC(F)(F)F)ccc3O)[C@]2(Cl)C1=O. The van der Waals surface area contributed by atoms with Crippen molar-refractivity contribution >= 4 is 58.3 Å². The number of hydrogen-bond acceptors (Lipinski definition) is 7. The van der Waals surface area contributed by atoms with Gasteiger partial charge in [0.2, 0.25) is 11.8 Å². The minimum atomic E-state index is -5.10. The van der Waals surface area contributed by atoms with Crippen molar-refractivity contribution < 1.29 is 47.0 Å². The Balaban J connectivity index is 1.29. The summed E-state index contributed by atoms with van der Waals surface area (Å²) in [7, 11) is 1.16. The quantitative estimate of drug-likeness (QED) is 0.156. The molecule has 1 N–H and O–H groups in total. The molecule has 7 rings (SSSR count). The summed E-state index contributed by atoms with van der Waals surface area (Å²) in [4.78, 5) is 65.6. The lowest BCUT2D eigenvalue weighted by molar-refractivity contribution is -0.274. The normalized spacial score (nSPS) is 29.4. The number of anilines is 1. The van der Waals surface area contributed by atoms with Crippen molar-refractivity contribution in [3.05, 3.63) is 101 Å². The molecule has 2 heterocycles. The number of phenols is 1. The highest BCUT2D eigenvalue weighted by atomic mass is 35.5. The van der Waals surface area contributed by atoms with E-state index < -0.39 is 74.9 Å². The third kappa shape index (κ3) is 4.79. The molecule has 3 aromatic rings. The van der Waals surface area contributed by atoms with Crippen LogP contribution in [-0.2, 0) is 19.2 Å². The molecule has 0 radical (unpaired) electrons. The van der Waals surface area contributed by atoms with Gasteiger partial charge in [-0.1, -0.05) is 42.0 Å². The van der Waals surface area contributed by atoms with Crippen LogP contribution in [0.5, 0.6) is 11.5 Å². The highest BCUT2D eigenvalue weighted by Crippen LogP contribution is 2.66. The standard InChI is InChI=1S/C35H25Cl2F3N2O7/c1-41-31(47)33(36)16-24-21(27(34(33,37)32(41)48)23-15-20(11-14-25(23)43)49-35(38,39)40)12-13-22-26(24)30(46)42(29(22)45)19-9-7-18(8-10-19)28(44)17-5-3-2-4-6-17/h2-12,14-15,22,24,26-27,43H,13,16H2,1H3/t22-,24+,26-,27+,33+,34-/m0/s1. The predicted octanol–water partition coefficient (Wildman–Crippen LogP) is 5.72. The predicted molar refractivity (Wildman–Crippen MR) is 169 cm³/mol. The van der Waals surface area contributed by atoms with Crippen molar-refractivity contribution in [2.45, 2.75) is 34.9 Å². The molecule has 1 saturated carbocycles. The zero-order chi connectivity index (χ0) is 35.2. The van der Waals surface area contributed by atoms with Gasteiger partial charge in [-0.05, 0) is 61.2 Å². The first-order valence-electron chi connectivity index (χ1n) is 15.1. The number of ketones is 1. The molecule has 252 valence electrons. The molecule has 4 amide bonds. The molecule has 2 aliphatic heterocycles. The second-order valence-corrected chi connectivity index (χ2v) is 13.8. The van der Waals surface area contributed by atoms with Crippen molar-refractivity contribution in [1.82, 2.24) is 4.90 Å². The van der Waals surface area contributed by atoms with E-state index in [1.807, 2.05) is 0 Å². The number of ether oxygens (including phenoxy) is 1. The second-order valence-electron chi connectivity index (χ2n) is 12.5. The molecule has 14 heteroatoms. The molecule has 49 heavy (non-hydrogen) atoms. The van der Waals surface area contributed by atoms with E-state index in [2.05, 4.69) is 4.74 Å². The fourth-order valence-electron chi connectivity index (χ4n) is 7.82. The van der Waals surface area contributed by atoms with Gasteiger partial charge in [-0.2, -0.15) is 0 Å². The van der Waals surface area contributed by atoms with Crippen molar-refractivity contribution in [1.29, 1.82) is 0 Å². The number of aromatic hydroxyl groups is 1. The maximum Gasteiger partial charge on any atom is 0.573 e. The van der Waals surface area contributed by atoms with Gasteiger partial charge in [0.25, 0.3) is 11.8 Å². The van der Waals surface area contributed by atoms with Crippen LogP contribution in [0.3, 0.4) is 0 Å². The summed E-state index contributed by atoms with van der Waals surface area (Å²) in [5, 5.41) is 11.0. The minimum Gasteiger partial charge on any atom is -0.508 e. The molecular weight excluding hydrogens is 688 g/mol. The minimum absolute atomic E-state index is 0.0155. The summed E-state index contributed by atoms with van der Waals surface area (Å²) in [6.07, 6.45) is -3.88. The highest BCUT2D eigenvalue weighted by molar-refractivity contribution is 6.53. The molecule has 3 aromatic carbocycles. The highest BCUT2D eigenvalue weighted by Gasteiger charge is 2.76. The van der Waals surface area contributed by atoms with Gasteiger partial charge in [-0.25, -0.2) is 0 Å². The molecule has 0 unspecified atom stereocenters. The molecule has 9 nitrogen and oxygen atoms in total. The fraction of sp³-hybridized carbons (Fsp3) is 0.286. The summed E-state index contributed by atoms with van der Waals surface area (Å²) < 4.78 is 43.7. The van der Waals surface area contributed by atoms with E-state index in [1.54, 1.807) is 36.4 Å². The van der Waals surface area contributed by atoms with Crippen LogP contribution in [0, 0.1) is 17.8 Å². The van der Waals surface area contributed by atoms with E-state index in [0.29, 0.717) is 11.1 Å². The van der Waals surface area contributed by atoms with E-state index in [0.717, 1.165) is 35.0 Å². The Morgan fingerprint density at radius 1 is 0.898 bits per heavy atom. The van der Waals surface area contributed by atoms with Crippen molar-refractivity contribution in [3.63, 3.8) is 0 Å². The van der Waals surface area contributed by atoms with Crippen LogP contribution in [-0.4, -0.2) is 62.6 Å². The van der Waals surface area contributed by atoms with Gasteiger partial charge in [-0.3, -0.25) is 33.8 Å². The van der Waals surface area contributed by atoms with Gasteiger partial charge in [-0.15, -0.1) is 36.4 Å². The molecule has 4 aliphatic rings. The fourth-order valence-corrected chi connectivity index (χ4v) is 8.83. The second kappa shape index (κ2) is 11.2. The lowest BCUT2D eigenvalue weighted by atomic mass is 9.56. The van der Waals surface area contributed by atoms with Gasteiger partial charge >= 0.3 is 6.36 Å². The average Bonchev–Trinajstić information content (AvgIpc) is 3.40. The number of hydrogen-bond donors (Lipinski definition) is 1. The summed E-state index contributed by atoms with van der Waals surface area (Å²) >= 11 is 14.1. The number of halogens is 5. The van der Waals surface area contributed by atoms with Crippen molar-refractivity contribution in [2.75, 3.05) is 11.9 Å². The number of rotatable bonds is 5. The van der Waals surface area contributed by atoms with Crippen LogP contribution >= 0.6 is 23.2 Å². The van der Waals surface area contributed by atoms with E-state index in [1.165, 1.54) is 24.3 Å². The number of fused-ring (bicyclic) bond motifs is 4. The number of allylic oxidation sites excluding steroid dienone is 2. The number of benzene rings is 3. The molecule has 3 fully saturated rings. The van der Waals surface area contributed by atoms with Gasteiger partial charge in [0.05, 0.1) is 17.5 Å². The molecular formula is C35H25Cl2F3N2O7. The van der Waals surface area contributed by atoms with E-state index in [4.69, 9.17) is 23.2 Å². The van der Waals surface area contributed by atoms with Gasteiger partial charge in [0.15, 0.2) is 15.5 Å². The summed E-state index contributed by atoms with van der Waals surface area (Å²) in [6.45, 7) is 0. The molecule has 6 atom stereocenters. The van der Waals surface area contributed by atoms with Crippen LogP contribution in [0.4, 0.5) is 18.9 Å². The Hall–Kier alpha value is -4.68. The summed E-state index contributed by atoms with van der Waals surface area (Å²) in [5.41, 5.74) is 0.988. The zero-order valence-electron chi connectivity index (χ0n) is 25.4. The van der Waals surface area contributed by atoms with Crippen LogP contribution in [0.25, 0.3) is 0 Å². The first-order valence-corrected chi connectivity index (χ1v) is 15.9. The van der Waals surface area contributed by atoms with Crippen molar-refractivity contribution in [2.24, 2.45) is 17.8 Å². The number of phenolic OH excluding ortho intramolecular Hbond substituents is 1. The first-order chi connectivity index (χ1) is 23.1. The Kier molecular flexibility index (Phi) is 7.49. The Morgan fingerprint density at radius 3 is 2.20 bits per heavy atom. The number of likely N-dealkylation sites (tertiary alicyclic amines) is 1. The Labute approximate surface area is 286 Å². The molecule has 2 saturated heterocycles. The van der Waals surface area contributed by atoms with Crippen LogP contribution < -0.4 is 9.64 Å². The monoisotopic (exact) mass is 712 g/mol. The van der Waals surface area contributed by atoms with Crippen molar-refractivity contribution in [3.8, 4) is 11.5 Å². The van der Waals surface area contributed by atoms with Gasteiger partial charge < -0.3 is 9.84 Å². The van der Waals surface area contributed by atoms with E-state index >= 15 is 0 Å². The Bertz CT molecular complexity index is 1990. The zero-order valence-corrected chi connectivity index (χ0v) is 26.9. The number of imide groups is 2. The number of carbonyl (C=O) groups excluding carboxylic acids is 5. The smallest absolute Gasteiger partial charge is 0.508 e. The number of amides is 4. The molecule has 0 spiro atoms. The lowest BCUT2D eigenvalue weighted by Crippen LogP contribution is -2.60. The number of nitrogens with zero attached hydrogens (tertiary/aromatic N) is 2. The summed E-state index contributed by atoms with van der Waals surface area (Å²) in [5.74, 6) is -9.02. The van der Waals surface area contributed by atoms with Crippen LogP contribution in [0.1, 0.15) is 40.2 Å². The molecule has 2 aliphatic carbocycles. The molecule has 0 aromatic heterocycles. The maximum absolute atomic E-state index is 14.2. The molecule has 0 bridgehead atoms. The van der Waals surface area contributed by atoms with Gasteiger partial charge in [0.1, 0.15) is 11.5 Å². The van der Waals surface area contributed by atoms with Crippen LogP contribution in [0.15, 0.2) is 84.4 Å². The third-order valence-electron chi connectivity index (χ3n) is 9.98. The van der Waals surface area contributed by atoms with Gasteiger partial charge in [0, 0.05) is 29.7 Å². The lowest BCUT2D eigenvalue weighted by Gasteiger charge is -2.50. The topological polar surface area (TPSA) is 121 Å². The third-order valence-corrected chi connectivity index (χ3v) is 11.4. The Morgan fingerprint density at radius 2 is 1.55 bits per heavy atom. The van der Waals surface area contributed by atoms with E-state index in [-0.39, 0.29) is 35.4 Å². The number of alkyl halides is 5. The van der Waals surface area contributed by atoms with E-state index in [9.17, 15) is 42.3 Å². The summed E-state index contributed by atoms with van der Waals surface area (Å²) in [6, 6.07) is 17.2. The number of carbonyl (C=O) groups is 5. The largest absolute Gasteiger partial charge is 0.573 e. The van der Waals surface area contributed by atoms with Crippen LogP contribution in [0.2, 0.25) is 0 Å². The average molecular weight is 713 g/mol. The maximum atomic E-state index is 14.2. The first kappa shape index (κ1) is 32.8.